The monoisotopic (exact) mass is 228 g/mol. The van der Waals surface area contributed by atoms with Crippen molar-refractivity contribution in [3.05, 3.63) is 0 Å². The molecule has 5 nitrogen and oxygen atoms in total. The molecular formula is C11H20N2O3. The normalized spacial score (nSPS) is 20.9. The first-order valence-corrected chi connectivity index (χ1v) is 5.74. The summed E-state index contributed by atoms with van der Waals surface area (Å²) in [6, 6.07) is -1.24. The fourth-order valence-corrected chi connectivity index (χ4v) is 2.03. The summed E-state index contributed by atoms with van der Waals surface area (Å²) in [7, 11) is 0. The van der Waals surface area contributed by atoms with E-state index in [2.05, 4.69) is 10.6 Å². The number of rotatable bonds is 3. The Labute approximate surface area is 95.6 Å². The zero-order valence-corrected chi connectivity index (χ0v) is 9.88. The van der Waals surface area contributed by atoms with Gasteiger partial charge >= 0.3 is 12.0 Å². The summed E-state index contributed by atoms with van der Waals surface area (Å²) in [6.45, 7) is 3.46. The van der Waals surface area contributed by atoms with Gasteiger partial charge in [0.15, 0.2) is 0 Å². The van der Waals surface area contributed by atoms with E-state index in [1.165, 1.54) is 13.3 Å². The topological polar surface area (TPSA) is 78.4 Å². The van der Waals surface area contributed by atoms with Crippen molar-refractivity contribution >= 4 is 12.0 Å². The molecule has 1 unspecified atom stereocenters. The predicted molar refractivity (Wildman–Crippen MR) is 60.3 cm³/mol. The Hall–Kier alpha value is -1.26. The molecule has 92 valence electrons. The summed E-state index contributed by atoms with van der Waals surface area (Å²) in [4.78, 5) is 22.1. The summed E-state index contributed by atoms with van der Waals surface area (Å²) < 4.78 is 0. The lowest BCUT2D eigenvalue weighted by molar-refractivity contribution is -0.138. The van der Waals surface area contributed by atoms with Crippen LogP contribution in [0.1, 0.15) is 46.0 Å². The number of carboxylic acid groups (broad SMARTS) is 1. The Balaban J connectivity index is 2.41. The van der Waals surface area contributed by atoms with E-state index in [0.717, 1.165) is 25.7 Å². The van der Waals surface area contributed by atoms with Crippen LogP contribution in [0.4, 0.5) is 4.79 Å². The van der Waals surface area contributed by atoms with E-state index >= 15 is 0 Å². The number of urea groups is 1. The van der Waals surface area contributed by atoms with Gasteiger partial charge in [-0.15, -0.1) is 0 Å². The first-order chi connectivity index (χ1) is 7.43. The molecule has 0 aromatic rings. The Morgan fingerprint density at radius 3 is 2.31 bits per heavy atom. The molecule has 1 fully saturated rings. The number of amides is 2. The number of hydrogen-bond acceptors (Lipinski definition) is 2. The number of nitrogens with one attached hydrogen (secondary N) is 2. The number of hydrogen-bond donors (Lipinski definition) is 3. The van der Waals surface area contributed by atoms with Crippen LogP contribution in [0.5, 0.6) is 0 Å². The molecule has 1 aliphatic rings. The maximum atomic E-state index is 11.5. The van der Waals surface area contributed by atoms with Crippen molar-refractivity contribution < 1.29 is 14.7 Å². The van der Waals surface area contributed by atoms with Crippen LogP contribution >= 0.6 is 0 Å². The third kappa shape index (κ3) is 3.72. The highest BCUT2D eigenvalue weighted by Gasteiger charge is 2.29. The Kier molecular flexibility index (Phi) is 4.15. The minimum Gasteiger partial charge on any atom is -0.480 e. The van der Waals surface area contributed by atoms with Crippen molar-refractivity contribution in [3.8, 4) is 0 Å². The number of carbonyl (C=O) groups excluding carboxylic acids is 1. The molecular weight excluding hydrogens is 208 g/mol. The van der Waals surface area contributed by atoms with Crippen LogP contribution in [-0.4, -0.2) is 28.7 Å². The van der Waals surface area contributed by atoms with Gasteiger partial charge in [0.1, 0.15) is 6.04 Å². The predicted octanol–water partition coefficient (Wildman–Crippen LogP) is 1.48. The molecule has 0 aliphatic heterocycles. The number of carboxylic acids is 1. The zero-order chi connectivity index (χ0) is 12.2. The minimum absolute atomic E-state index is 0.180. The van der Waals surface area contributed by atoms with Gasteiger partial charge in [-0.2, -0.15) is 0 Å². The smallest absolute Gasteiger partial charge is 0.325 e. The van der Waals surface area contributed by atoms with E-state index in [-0.39, 0.29) is 11.6 Å². The molecule has 5 heteroatoms. The Bertz CT molecular complexity index is 272. The van der Waals surface area contributed by atoms with Crippen LogP contribution in [0.25, 0.3) is 0 Å². The SMILES string of the molecule is CC(NC(=O)NC1(C)CCCCC1)C(=O)O. The van der Waals surface area contributed by atoms with Crippen molar-refractivity contribution in [2.75, 3.05) is 0 Å². The largest absolute Gasteiger partial charge is 0.480 e. The van der Waals surface area contributed by atoms with Crippen molar-refractivity contribution in [1.82, 2.24) is 10.6 Å². The molecule has 1 saturated carbocycles. The van der Waals surface area contributed by atoms with Gasteiger partial charge in [-0.25, -0.2) is 4.79 Å². The molecule has 0 aromatic heterocycles. The van der Waals surface area contributed by atoms with Crippen molar-refractivity contribution in [2.45, 2.75) is 57.5 Å². The maximum absolute atomic E-state index is 11.5. The van der Waals surface area contributed by atoms with Gasteiger partial charge in [-0.05, 0) is 26.7 Å². The van der Waals surface area contributed by atoms with Crippen molar-refractivity contribution in [1.29, 1.82) is 0 Å². The third-order valence-corrected chi connectivity index (χ3v) is 3.09. The van der Waals surface area contributed by atoms with Crippen molar-refractivity contribution in [2.24, 2.45) is 0 Å². The summed E-state index contributed by atoms with van der Waals surface area (Å²) in [5.41, 5.74) is -0.180. The van der Waals surface area contributed by atoms with Gasteiger partial charge in [0.05, 0.1) is 0 Å². The summed E-state index contributed by atoms with van der Waals surface area (Å²) in [5, 5.41) is 13.9. The van der Waals surface area contributed by atoms with E-state index in [9.17, 15) is 9.59 Å². The average Bonchev–Trinajstić information content (AvgIpc) is 2.17. The molecule has 0 spiro atoms. The lowest BCUT2D eigenvalue weighted by atomic mass is 9.83. The average molecular weight is 228 g/mol. The first kappa shape index (κ1) is 12.8. The van der Waals surface area contributed by atoms with E-state index in [1.54, 1.807) is 0 Å². The lowest BCUT2D eigenvalue weighted by Crippen LogP contribution is -2.53. The summed E-state index contributed by atoms with van der Waals surface area (Å²) >= 11 is 0. The Morgan fingerprint density at radius 2 is 1.81 bits per heavy atom. The standard InChI is InChI=1S/C11H20N2O3/c1-8(9(14)15)12-10(16)13-11(2)6-4-3-5-7-11/h8H,3-7H2,1-2H3,(H,14,15)(H2,12,13,16). The maximum Gasteiger partial charge on any atom is 0.325 e. The highest BCUT2D eigenvalue weighted by atomic mass is 16.4. The Morgan fingerprint density at radius 1 is 1.25 bits per heavy atom. The molecule has 0 saturated heterocycles. The van der Waals surface area contributed by atoms with E-state index in [4.69, 9.17) is 5.11 Å². The zero-order valence-electron chi connectivity index (χ0n) is 9.88. The summed E-state index contributed by atoms with van der Waals surface area (Å²) in [6.07, 6.45) is 5.37. The van der Waals surface area contributed by atoms with Crippen LogP contribution in [0.15, 0.2) is 0 Å². The highest BCUT2D eigenvalue weighted by Crippen LogP contribution is 2.27. The van der Waals surface area contributed by atoms with E-state index < -0.39 is 12.0 Å². The lowest BCUT2D eigenvalue weighted by Gasteiger charge is -2.34. The van der Waals surface area contributed by atoms with E-state index in [1.807, 2.05) is 6.92 Å². The number of carbonyl (C=O) groups is 2. The number of aliphatic carboxylic acids is 1. The van der Waals surface area contributed by atoms with Crippen LogP contribution < -0.4 is 10.6 Å². The first-order valence-electron chi connectivity index (χ1n) is 5.74. The molecule has 1 rings (SSSR count). The second-order valence-electron chi connectivity index (χ2n) is 4.78. The van der Waals surface area contributed by atoms with Gasteiger partial charge < -0.3 is 15.7 Å². The van der Waals surface area contributed by atoms with Gasteiger partial charge in [0.25, 0.3) is 0 Å². The molecule has 0 radical (unpaired) electrons. The van der Waals surface area contributed by atoms with Crippen LogP contribution in [-0.2, 0) is 4.79 Å². The van der Waals surface area contributed by atoms with Crippen LogP contribution in [0.3, 0.4) is 0 Å². The molecule has 1 atom stereocenters. The quantitative estimate of drug-likeness (QED) is 0.684. The van der Waals surface area contributed by atoms with E-state index in [0.29, 0.717) is 0 Å². The van der Waals surface area contributed by atoms with Gasteiger partial charge in [-0.1, -0.05) is 19.3 Å². The minimum atomic E-state index is -1.02. The molecule has 0 heterocycles. The molecule has 0 aromatic carbocycles. The third-order valence-electron chi connectivity index (χ3n) is 3.09. The van der Waals surface area contributed by atoms with Gasteiger partial charge in [-0.3, -0.25) is 4.79 Å². The molecule has 3 N–H and O–H groups in total. The van der Waals surface area contributed by atoms with Crippen LogP contribution in [0, 0.1) is 0 Å². The van der Waals surface area contributed by atoms with Gasteiger partial charge in [0.2, 0.25) is 0 Å². The molecule has 16 heavy (non-hydrogen) atoms. The molecule has 0 bridgehead atoms. The fourth-order valence-electron chi connectivity index (χ4n) is 2.03. The highest BCUT2D eigenvalue weighted by molar-refractivity contribution is 5.82. The second kappa shape index (κ2) is 5.18. The van der Waals surface area contributed by atoms with Gasteiger partial charge in [0, 0.05) is 5.54 Å². The summed E-state index contributed by atoms with van der Waals surface area (Å²) in [5.74, 6) is -1.02. The molecule has 2 amide bonds. The second-order valence-corrected chi connectivity index (χ2v) is 4.78. The molecule has 1 aliphatic carbocycles. The van der Waals surface area contributed by atoms with Crippen LogP contribution in [0.2, 0.25) is 0 Å². The van der Waals surface area contributed by atoms with Crippen molar-refractivity contribution in [3.63, 3.8) is 0 Å². The fraction of sp³-hybridized carbons (Fsp3) is 0.818.